The molecule has 12 heavy (non-hydrogen) atoms. The van der Waals surface area contributed by atoms with Crippen LogP contribution in [0.2, 0.25) is 0 Å². The van der Waals surface area contributed by atoms with Gasteiger partial charge >= 0.3 is 0 Å². The first kappa shape index (κ1) is 12.3. The highest BCUT2D eigenvalue weighted by Crippen LogP contribution is 2.13. The van der Waals surface area contributed by atoms with Crippen LogP contribution in [-0.2, 0) is 11.4 Å². The fourth-order valence-corrected chi connectivity index (χ4v) is 1.39. The van der Waals surface area contributed by atoms with E-state index in [0.717, 1.165) is 13.0 Å². The van der Waals surface area contributed by atoms with Gasteiger partial charge in [-0.3, -0.25) is 0 Å². The Bertz CT molecular complexity index is 120. The summed E-state index contributed by atoms with van der Waals surface area (Å²) in [5.41, 5.74) is 0. The first-order valence-electron chi connectivity index (χ1n) is 4.49. The largest absolute Gasteiger partial charge is 0.598 e. The van der Waals surface area contributed by atoms with E-state index in [4.69, 9.17) is 0 Å². The predicted octanol–water partition coefficient (Wildman–Crippen LogP) is 2.08. The quantitative estimate of drug-likeness (QED) is 0.691. The molecular weight excluding hydrogens is 170 g/mol. The third kappa shape index (κ3) is 5.86. The SMILES string of the molecule is CC(C)CCN[S+]([O-])C(C)(C)C. The van der Waals surface area contributed by atoms with Crippen molar-refractivity contribution in [3.63, 3.8) is 0 Å². The predicted molar refractivity (Wildman–Crippen MR) is 55.4 cm³/mol. The highest BCUT2D eigenvalue weighted by atomic mass is 32.2. The number of hydrogen-bond donors (Lipinski definition) is 1. The van der Waals surface area contributed by atoms with Crippen LogP contribution in [0, 0.1) is 5.92 Å². The van der Waals surface area contributed by atoms with E-state index in [1.165, 1.54) is 0 Å². The molecule has 0 radical (unpaired) electrons. The summed E-state index contributed by atoms with van der Waals surface area (Å²) in [5, 5.41) is 0. The number of nitrogens with one attached hydrogen (secondary N) is 1. The summed E-state index contributed by atoms with van der Waals surface area (Å²) in [5.74, 6) is 0.675. The average molecular weight is 191 g/mol. The Balaban J connectivity index is 3.51. The molecule has 0 bridgehead atoms. The van der Waals surface area contributed by atoms with Gasteiger partial charge in [0.25, 0.3) is 0 Å². The molecule has 0 aromatic heterocycles. The molecule has 0 aliphatic heterocycles. The molecule has 0 rings (SSSR count). The molecule has 1 N–H and O–H groups in total. The summed E-state index contributed by atoms with van der Waals surface area (Å²) in [6.45, 7) is 11.1. The lowest BCUT2D eigenvalue weighted by Crippen LogP contribution is -2.39. The minimum absolute atomic E-state index is 0.142. The molecule has 74 valence electrons. The van der Waals surface area contributed by atoms with Crippen molar-refractivity contribution in [2.45, 2.75) is 45.8 Å². The summed E-state index contributed by atoms with van der Waals surface area (Å²) in [6, 6.07) is 0. The summed E-state index contributed by atoms with van der Waals surface area (Å²) in [7, 11) is 0. The van der Waals surface area contributed by atoms with Gasteiger partial charge in [0.1, 0.15) is 4.75 Å². The lowest BCUT2D eigenvalue weighted by atomic mass is 10.1. The van der Waals surface area contributed by atoms with Crippen molar-refractivity contribution in [3.05, 3.63) is 0 Å². The van der Waals surface area contributed by atoms with E-state index in [0.29, 0.717) is 5.92 Å². The zero-order valence-electron chi connectivity index (χ0n) is 8.81. The smallest absolute Gasteiger partial charge is 0.136 e. The first-order chi connectivity index (χ1) is 5.34. The van der Waals surface area contributed by atoms with E-state index in [1.807, 2.05) is 20.8 Å². The molecule has 0 aliphatic carbocycles. The molecule has 1 unspecified atom stereocenters. The van der Waals surface area contributed by atoms with Gasteiger partial charge in [-0.2, -0.15) is 0 Å². The summed E-state index contributed by atoms with van der Waals surface area (Å²) in [4.78, 5) is 0. The molecule has 0 spiro atoms. The third-order valence-corrected chi connectivity index (χ3v) is 3.09. The van der Waals surface area contributed by atoms with Gasteiger partial charge in [0.05, 0.1) is 0 Å². The van der Waals surface area contributed by atoms with Crippen molar-refractivity contribution in [1.29, 1.82) is 0 Å². The van der Waals surface area contributed by atoms with E-state index in [-0.39, 0.29) is 4.75 Å². The fourth-order valence-electron chi connectivity index (χ4n) is 0.657. The molecule has 3 heteroatoms. The van der Waals surface area contributed by atoms with Gasteiger partial charge in [0, 0.05) is 17.9 Å². The van der Waals surface area contributed by atoms with Crippen LogP contribution in [-0.4, -0.2) is 15.8 Å². The van der Waals surface area contributed by atoms with E-state index < -0.39 is 11.4 Å². The average Bonchev–Trinajstić information content (AvgIpc) is 1.84. The zero-order valence-corrected chi connectivity index (χ0v) is 9.62. The molecule has 0 fully saturated rings. The maximum absolute atomic E-state index is 11.4. The van der Waals surface area contributed by atoms with Crippen LogP contribution in [0.15, 0.2) is 0 Å². The number of hydrogen-bond acceptors (Lipinski definition) is 2. The van der Waals surface area contributed by atoms with Gasteiger partial charge in [0.15, 0.2) is 0 Å². The highest BCUT2D eigenvalue weighted by molar-refractivity contribution is 7.90. The van der Waals surface area contributed by atoms with Crippen LogP contribution < -0.4 is 4.72 Å². The fraction of sp³-hybridized carbons (Fsp3) is 1.00. The van der Waals surface area contributed by atoms with Crippen LogP contribution in [0.25, 0.3) is 0 Å². The van der Waals surface area contributed by atoms with Gasteiger partial charge in [-0.1, -0.05) is 13.8 Å². The Morgan fingerprint density at radius 2 is 1.83 bits per heavy atom. The zero-order chi connectivity index (χ0) is 9.78. The van der Waals surface area contributed by atoms with Gasteiger partial charge in [0.2, 0.25) is 0 Å². The van der Waals surface area contributed by atoms with Crippen molar-refractivity contribution in [1.82, 2.24) is 4.72 Å². The summed E-state index contributed by atoms with van der Waals surface area (Å²) >= 11 is -0.904. The van der Waals surface area contributed by atoms with Gasteiger partial charge in [-0.05, 0) is 33.1 Å². The van der Waals surface area contributed by atoms with E-state index in [2.05, 4.69) is 18.6 Å². The minimum Gasteiger partial charge on any atom is -0.598 e. The molecule has 0 aromatic rings. The molecule has 0 saturated carbocycles. The van der Waals surface area contributed by atoms with E-state index >= 15 is 0 Å². The van der Waals surface area contributed by atoms with Crippen LogP contribution in [0.5, 0.6) is 0 Å². The van der Waals surface area contributed by atoms with Gasteiger partial charge in [-0.15, -0.1) is 4.72 Å². The van der Waals surface area contributed by atoms with Crippen molar-refractivity contribution in [3.8, 4) is 0 Å². The monoisotopic (exact) mass is 191 g/mol. The standard InChI is InChI=1S/C9H21NOS/c1-8(2)6-7-10-12(11)9(3,4)5/h8,10H,6-7H2,1-5H3. The van der Waals surface area contributed by atoms with Crippen molar-refractivity contribution in [2.24, 2.45) is 5.92 Å². The Morgan fingerprint density at radius 3 is 2.17 bits per heavy atom. The second-order valence-electron chi connectivity index (χ2n) is 4.46. The lowest BCUT2D eigenvalue weighted by Gasteiger charge is -2.23. The van der Waals surface area contributed by atoms with Crippen LogP contribution >= 0.6 is 0 Å². The molecule has 0 aromatic carbocycles. The Kier molecular flexibility index (Phi) is 5.21. The molecule has 0 amide bonds. The van der Waals surface area contributed by atoms with E-state index in [1.54, 1.807) is 0 Å². The van der Waals surface area contributed by atoms with E-state index in [9.17, 15) is 4.55 Å². The molecule has 1 atom stereocenters. The van der Waals surface area contributed by atoms with Crippen LogP contribution in [0.4, 0.5) is 0 Å². The topological polar surface area (TPSA) is 35.1 Å². The van der Waals surface area contributed by atoms with Crippen molar-refractivity contribution in [2.75, 3.05) is 6.54 Å². The summed E-state index contributed by atoms with van der Waals surface area (Å²) in [6.07, 6.45) is 1.09. The summed E-state index contributed by atoms with van der Waals surface area (Å²) < 4.78 is 14.3. The second kappa shape index (κ2) is 5.10. The van der Waals surface area contributed by atoms with Crippen molar-refractivity contribution < 1.29 is 4.55 Å². The molecule has 2 nitrogen and oxygen atoms in total. The molecule has 0 aliphatic rings. The normalized spacial score (nSPS) is 15.2. The van der Waals surface area contributed by atoms with Gasteiger partial charge in [-0.25, -0.2) is 0 Å². The highest BCUT2D eigenvalue weighted by Gasteiger charge is 2.25. The Labute approximate surface area is 79.4 Å². The molecule has 0 saturated heterocycles. The maximum Gasteiger partial charge on any atom is 0.136 e. The second-order valence-corrected chi connectivity index (χ2v) is 6.51. The van der Waals surface area contributed by atoms with Gasteiger partial charge < -0.3 is 4.55 Å². The van der Waals surface area contributed by atoms with Crippen LogP contribution in [0.1, 0.15) is 41.0 Å². The lowest BCUT2D eigenvalue weighted by molar-refractivity contribution is 0.527. The van der Waals surface area contributed by atoms with Crippen LogP contribution in [0.3, 0.4) is 0 Å². The first-order valence-corrected chi connectivity index (χ1v) is 5.64. The minimum atomic E-state index is -0.904. The van der Waals surface area contributed by atoms with Crippen molar-refractivity contribution >= 4 is 11.4 Å². The molecular formula is C9H21NOS. The molecule has 0 heterocycles. The maximum atomic E-state index is 11.4. The number of rotatable bonds is 4. The Hall–Kier alpha value is 0.270. The Morgan fingerprint density at radius 1 is 1.33 bits per heavy atom. The third-order valence-electron chi connectivity index (χ3n) is 1.51.